The molecule has 0 aliphatic carbocycles. The van der Waals surface area contributed by atoms with Crippen molar-refractivity contribution in [3.05, 3.63) is 42.2 Å². The van der Waals surface area contributed by atoms with Crippen LogP contribution >= 0.6 is 0 Å². The molecule has 112 valence electrons. The van der Waals surface area contributed by atoms with E-state index in [1.165, 1.54) is 0 Å². The van der Waals surface area contributed by atoms with Crippen LogP contribution in [0.5, 0.6) is 0 Å². The largest absolute Gasteiger partial charge is 0.385 e. The molecule has 0 unspecified atom stereocenters. The van der Waals surface area contributed by atoms with Crippen molar-refractivity contribution in [2.24, 2.45) is 13.0 Å². The average Bonchev–Trinajstić information content (AvgIpc) is 2.91. The number of anilines is 1. The van der Waals surface area contributed by atoms with Crippen LogP contribution in [0.25, 0.3) is 0 Å². The van der Waals surface area contributed by atoms with Crippen LogP contribution in [0.1, 0.15) is 30.5 Å². The zero-order valence-electron chi connectivity index (χ0n) is 12.6. The van der Waals surface area contributed by atoms with Gasteiger partial charge in [0.25, 0.3) is 0 Å². The molecule has 3 rings (SSSR count). The molecule has 1 aliphatic heterocycles. The fourth-order valence-electron chi connectivity index (χ4n) is 2.89. The number of pyridine rings is 1. The van der Waals surface area contributed by atoms with Gasteiger partial charge in [-0.15, -0.1) is 0 Å². The smallest absolute Gasteiger partial charge is 0.138 e. The lowest BCUT2D eigenvalue weighted by atomic mass is 9.93. The van der Waals surface area contributed by atoms with Crippen LogP contribution in [0.15, 0.2) is 30.7 Å². The summed E-state index contributed by atoms with van der Waals surface area (Å²) < 4.78 is 8.05. The van der Waals surface area contributed by atoms with Crippen molar-refractivity contribution < 1.29 is 4.74 Å². The van der Waals surface area contributed by atoms with Gasteiger partial charge in [-0.05, 0) is 31.9 Å². The Labute approximate surface area is 125 Å². The van der Waals surface area contributed by atoms with E-state index in [0.29, 0.717) is 5.92 Å². The molecule has 0 radical (unpaired) electrons. The molecule has 0 aromatic carbocycles. The number of aromatic nitrogens is 3. The second kappa shape index (κ2) is 6.26. The number of imidazole rings is 1. The zero-order valence-corrected chi connectivity index (χ0v) is 12.6. The van der Waals surface area contributed by atoms with Gasteiger partial charge in [-0.3, -0.25) is 4.98 Å². The highest BCUT2D eigenvalue weighted by molar-refractivity contribution is 5.42. The maximum absolute atomic E-state index is 5.99. The molecule has 0 spiro atoms. The van der Waals surface area contributed by atoms with Crippen LogP contribution in [0.3, 0.4) is 0 Å². The Morgan fingerprint density at radius 2 is 2.29 bits per heavy atom. The Morgan fingerprint density at radius 1 is 1.38 bits per heavy atom. The van der Waals surface area contributed by atoms with E-state index in [-0.39, 0.29) is 6.10 Å². The van der Waals surface area contributed by atoms with Gasteiger partial charge >= 0.3 is 0 Å². The van der Waals surface area contributed by atoms with Gasteiger partial charge in [0.15, 0.2) is 0 Å². The first kappa shape index (κ1) is 14.1. The zero-order chi connectivity index (χ0) is 14.7. The van der Waals surface area contributed by atoms with Gasteiger partial charge in [-0.1, -0.05) is 0 Å². The van der Waals surface area contributed by atoms with Gasteiger partial charge in [0.1, 0.15) is 11.9 Å². The molecule has 0 amide bonds. The molecule has 1 N–H and O–H groups in total. The molecule has 0 saturated carbocycles. The molecule has 5 heteroatoms. The molecule has 21 heavy (non-hydrogen) atoms. The highest BCUT2D eigenvalue weighted by Crippen LogP contribution is 2.32. The topological polar surface area (TPSA) is 52.0 Å². The molecular weight excluding hydrogens is 264 g/mol. The van der Waals surface area contributed by atoms with Crippen molar-refractivity contribution in [1.82, 2.24) is 14.5 Å². The first-order chi connectivity index (χ1) is 10.2. The van der Waals surface area contributed by atoms with E-state index in [9.17, 15) is 0 Å². The molecule has 2 atom stereocenters. The Morgan fingerprint density at radius 3 is 3.05 bits per heavy atom. The van der Waals surface area contributed by atoms with Crippen molar-refractivity contribution in [3.63, 3.8) is 0 Å². The molecule has 5 nitrogen and oxygen atoms in total. The number of nitrogens with one attached hydrogen (secondary N) is 1. The van der Waals surface area contributed by atoms with E-state index >= 15 is 0 Å². The van der Waals surface area contributed by atoms with E-state index in [0.717, 1.165) is 43.2 Å². The normalized spacial score (nSPS) is 22.2. The minimum Gasteiger partial charge on any atom is -0.385 e. The summed E-state index contributed by atoms with van der Waals surface area (Å²) in [6.45, 7) is 3.72. The SMILES string of the molecule is Cc1cc(NC[C@@H]2CCCO[C@H]2c2nccn2C)ccn1. The average molecular weight is 286 g/mol. The summed E-state index contributed by atoms with van der Waals surface area (Å²) in [6.07, 6.45) is 8.01. The molecule has 2 aromatic rings. The van der Waals surface area contributed by atoms with E-state index in [1.54, 1.807) is 0 Å². The fraction of sp³-hybridized carbons (Fsp3) is 0.500. The van der Waals surface area contributed by atoms with Crippen LogP contribution in [0.2, 0.25) is 0 Å². The fourth-order valence-corrected chi connectivity index (χ4v) is 2.89. The lowest BCUT2D eigenvalue weighted by Gasteiger charge is -2.31. The third-order valence-corrected chi connectivity index (χ3v) is 4.02. The number of rotatable bonds is 4. The molecule has 1 aliphatic rings. The van der Waals surface area contributed by atoms with Crippen molar-refractivity contribution >= 4 is 5.69 Å². The maximum atomic E-state index is 5.99. The van der Waals surface area contributed by atoms with E-state index < -0.39 is 0 Å². The van der Waals surface area contributed by atoms with Crippen molar-refractivity contribution in [3.8, 4) is 0 Å². The van der Waals surface area contributed by atoms with Crippen LogP contribution in [0.4, 0.5) is 5.69 Å². The lowest BCUT2D eigenvalue weighted by molar-refractivity contribution is -0.0304. The third-order valence-electron chi connectivity index (χ3n) is 4.02. The van der Waals surface area contributed by atoms with E-state index in [2.05, 4.69) is 25.9 Å². The van der Waals surface area contributed by atoms with Gasteiger partial charge in [0.05, 0.1) is 0 Å². The predicted molar refractivity (Wildman–Crippen MR) is 82.1 cm³/mol. The summed E-state index contributed by atoms with van der Waals surface area (Å²) in [6, 6.07) is 4.08. The van der Waals surface area contributed by atoms with Crippen molar-refractivity contribution in [2.75, 3.05) is 18.5 Å². The maximum Gasteiger partial charge on any atom is 0.138 e. The highest BCUT2D eigenvalue weighted by Gasteiger charge is 2.30. The van der Waals surface area contributed by atoms with E-state index in [4.69, 9.17) is 4.74 Å². The number of nitrogens with zero attached hydrogens (tertiary/aromatic N) is 3. The van der Waals surface area contributed by atoms with Gasteiger partial charge < -0.3 is 14.6 Å². The van der Waals surface area contributed by atoms with Crippen LogP contribution in [-0.2, 0) is 11.8 Å². The van der Waals surface area contributed by atoms with Gasteiger partial charge in [-0.25, -0.2) is 4.98 Å². The minimum absolute atomic E-state index is 0.0779. The van der Waals surface area contributed by atoms with Crippen molar-refractivity contribution in [2.45, 2.75) is 25.9 Å². The Bertz CT molecular complexity index is 595. The van der Waals surface area contributed by atoms with Gasteiger partial charge in [-0.2, -0.15) is 0 Å². The summed E-state index contributed by atoms with van der Waals surface area (Å²) in [5.41, 5.74) is 2.15. The summed E-state index contributed by atoms with van der Waals surface area (Å²) in [5.74, 6) is 1.46. The van der Waals surface area contributed by atoms with Crippen LogP contribution in [-0.4, -0.2) is 27.7 Å². The molecule has 0 bridgehead atoms. The van der Waals surface area contributed by atoms with Crippen molar-refractivity contribution in [1.29, 1.82) is 0 Å². The first-order valence-electron chi connectivity index (χ1n) is 7.49. The molecule has 2 aromatic heterocycles. The number of hydrogen-bond donors (Lipinski definition) is 1. The molecule has 3 heterocycles. The van der Waals surface area contributed by atoms with E-state index in [1.807, 2.05) is 38.6 Å². The summed E-state index contributed by atoms with van der Waals surface area (Å²) in [4.78, 5) is 8.68. The second-order valence-electron chi connectivity index (χ2n) is 5.66. The third kappa shape index (κ3) is 3.24. The summed E-state index contributed by atoms with van der Waals surface area (Å²) in [5, 5.41) is 3.51. The molecular formula is C16H22N4O. The van der Waals surface area contributed by atoms with Crippen LogP contribution in [0, 0.1) is 12.8 Å². The summed E-state index contributed by atoms with van der Waals surface area (Å²) in [7, 11) is 2.02. The molecule has 1 saturated heterocycles. The monoisotopic (exact) mass is 286 g/mol. The van der Waals surface area contributed by atoms with Gasteiger partial charge in [0, 0.05) is 56.1 Å². The Kier molecular flexibility index (Phi) is 4.20. The first-order valence-corrected chi connectivity index (χ1v) is 7.49. The predicted octanol–water partition coefficient (Wildman–Crippen LogP) is 2.70. The number of hydrogen-bond acceptors (Lipinski definition) is 4. The minimum atomic E-state index is 0.0779. The number of aryl methyl sites for hydroxylation is 2. The van der Waals surface area contributed by atoms with Crippen LogP contribution < -0.4 is 5.32 Å². The Balaban J connectivity index is 1.69. The summed E-state index contributed by atoms with van der Waals surface area (Å²) >= 11 is 0. The standard InChI is InChI=1S/C16H22N4O/c1-12-10-14(5-6-17-12)19-11-13-4-3-9-21-15(13)16-18-7-8-20(16)2/h5-8,10,13,15H,3-4,9,11H2,1-2H3,(H,17,19)/t13-,15+/m0/s1. The highest BCUT2D eigenvalue weighted by atomic mass is 16.5. The number of ether oxygens (including phenoxy) is 1. The lowest BCUT2D eigenvalue weighted by Crippen LogP contribution is -2.30. The van der Waals surface area contributed by atoms with Gasteiger partial charge in [0.2, 0.25) is 0 Å². The quantitative estimate of drug-likeness (QED) is 0.939. The Hall–Kier alpha value is -1.88. The second-order valence-corrected chi connectivity index (χ2v) is 5.66. The molecule has 1 fully saturated rings.